The number of hydrogen-bond acceptors (Lipinski definition) is 3. The van der Waals surface area contributed by atoms with Crippen LogP contribution in [0.15, 0.2) is 35.6 Å². The van der Waals surface area contributed by atoms with Crippen LogP contribution < -0.4 is 0 Å². The van der Waals surface area contributed by atoms with Crippen molar-refractivity contribution in [3.8, 4) is 12.1 Å². The second kappa shape index (κ2) is 5.38. The van der Waals surface area contributed by atoms with Gasteiger partial charge in [0.15, 0.2) is 5.57 Å². The van der Waals surface area contributed by atoms with Crippen LogP contribution in [0.5, 0.6) is 0 Å². The van der Waals surface area contributed by atoms with Crippen molar-refractivity contribution in [2.24, 2.45) is 5.92 Å². The van der Waals surface area contributed by atoms with Gasteiger partial charge in [-0.15, -0.1) is 0 Å². The predicted octanol–water partition coefficient (Wildman–Crippen LogP) is 2.74. The van der Waals surface area contributed by atoms with Crippen LogP contribution in [0.25, 0.3) is 0 Å². The summed E-state index contributed by atoms with van der Waals surface area (Å²) in [5.41, 5.74) is 2.75. The highest BCUT2D eigenvalue weighted by Crippen LogP contribution is 2.31. The van der Waals surface area contributed by atoms with E-state index >= 15 is 0 Å². The zero-order valence-corrected chi connectivity index (χ0v) is 10.3. The first-order valence-electron chi connectivity index (χ1n) is 5.95. The Morgan fingerprint density at radius 3 is 2.50 bits per heavy atom. The van der Waals surface area contributed by atoms with Crippen LogP contribution in [0.2, 0.25) is 0 Å². The Morgan fingerprint density at radius 2 is 1.89 bits per heavy atom. The molecule has 0 heterocycles. The average molecular weight is 238 g/mol. The molecule has 90 valence electrons. The molecule has 0 bridgehead atoms. The molecule has 1 aromatic carbocycles. The van der Waals surface area contributed by atoms with Gasteiger partial charge in [0.1, 0.15) is 17.9 Å². The van der Waals surface area contributed by atoms with E-state index in [9.17, 15) is 0 Å². The third-order valence-electron chi connectivity index (χ3n) is 3.41. The smallest absolute Gasteiger partial charge is 0.167 e. The third-order valence-corrected chi connectivity index (χ3v) is 3.41. The molecule has 0 amide bonds. The lowest BCUT2D eigenvalue weighted by Gasteiger charge is -2.25. The molecule has 0 aromatic heterocycles. The molecule has 0 unspecified atom stereocenters. The molecule has 0 N–H and O–H groups in total. The van der Waals surface area contributed by atoms with Crippen LogP contribution in [0.1, 0.15) is 17.5 Å². The van der Waals surface area contributed by atoms with Gasteiger partial charge in [0, 0.05) is 5.92 Å². The Balaban J connectivity index is 2.31. The normalized spacial score (nSPS) is 16.9. The van der Waals surface area contributed by atoms with E-state index in [1.807, 2.05) is 24.3 Å². The van der Waals surface area contributed by atoms with Crippen LogP contribution in [0.4, 0.5) is 0 Å². The van der Waals surface area contributed by atoms with E-state index in [2.05, 4.69) is 12.1 Å². The number of nitrogens with zero attached hydrogens (tertiary/aromatic N) is 2. The molecular formula is C15H14N2O. The molecule has 2 rings (SSSR count). The molecule has 1 aliphatic rings. The number of allylic oxidation sites excluding steroid dienone is 2. The summed E-state index contributed by atoms with van der Waals surface area (Å²) in [6.07, 6.45) is 2.73. The van der Waals surface area contributed by atoms with Gasteiger partial charge in [0.25, 0.3) is 0 Å². The van der Waals surface area contributed by atoms with Crippen molar-refractivity contribution < 1.29 is 4.74 Å². The van der Waals surface area contributed by atoms with E-state index in [1.165, 1.54) is 18.2 Å². The Morgan fingerprint density at radius 1 is 1.22 bits per heavy atom. The highest BCUT2D eigenvalue weighted by molar-refractivity contribution is 5.40. The minimum atomic E-state index is 0.0990. The van der Waals surface area contributed by atoms with Gasteiger partial charge in [0.05, 0.1) is 7.11 Å². The Hall–Kier alpha value is -2.26. The largest absolute Gasteiger partial charge is 0.499 e. The van der Waals surface area contributed by atoms with E-state index in [0.717, 1.165) is 19.3 Å². The van der Waals surface area contributed by atoms with Crippen LogP contribution in [-0.4, -0.2) is 7.11 Å². The summed E-state index contributed by atoms with van der Waals surface area (Å²) >= 11 is 0. The Labute approximate surface area is 107 Å². The molecule has 1 aliphatic carbocycles. The van der Waals surface area contributed by atoms with E-state index in [0.29, 0.717) is 5.76 Å². The number of nitriles is 2. The van der Waals surface area contributed by atoms with Crippen molar-refractivity contribution in [1.82, 2.24) is 0 Å². The molecule has 0 fully saturated rings. The lowest BCUT2D eigenvalue weighted by Crippen LogP contribution is -2.18. The molecule has 3 nitrogen and oxygen atoms in total. The minimum Gasteiger partial charge on any atom is -0.499 e. The van der Waals surface area contributed by atoms with Crippen LogP contribution in [-0.2, 0) is 17.6 Å². The summed E-state index contributed by atoms with van der Waals surface area (Å²) in [6, 6.07) is 12.1. The maximum atomic E-state index is 8.94. The van der Waals surface area contributed by atoms with Gasteiger partial charge >= 0.3 is 0 Å². The number of methoxy groups -OCH3 is 1. The molecule has 0 radical (unpaired) electrons. The fourth-order valence-corrected chi connectivity index (χ4v) is 2.53. The molecular weight excluding hydrogens is 224 g/mol. The topological polar surface area (TPSA) is 56.8 Å². The maximum absolute atomic E-state index is 8.94. The molecule has 0 spiro atoms. The zero-order valence-electron chi connectivity index (χ0n) is 10.3. The van der Waals surface area contributed by atoms with E-state index in [1.54, 1.807) is 0 Å². The number of hydrogen-bond donors (Lipinski definition) is 0. The summed E-state index contributed by atoms with van der Waals surface area (Å²) in [5, 5.41) is 17.9. The van der Waals surface area contributed by atoms with Gasteiger partial charge in [-0.2, -0.15) is 10.5 Å². The fourth-order valence-electron chi connectivity index (χ4n) is 2.53. The second-order valence-corrected chi connectivity index (χ2v) is 4.38. The van der Waals surface area contributed by atoms with Crippen LogP contribution in [0.3, 0.4) is 0 Å². The maximum Gasteiger partial charge on any atom is 0.167 e. The van der Waals surface area contributed by atoms with Gasteiger partial charge in [-0.25, -0.2) is 0 Å². The monoisotopic (exact) mass is 238 g/mol. The number of rotatable bonds is 2. The third kappa shape index (κ3) is 2.21. The highest BCUT2D eigenvalue weighted by atomic mass is 16.5. The molecule has 1 atom stereocenters. The van der Waals surface area contributed by atoms with Crippen LogP contribution in [0, 0.1) is 28.6 Å². The quantitative estimate of drug-likeness (QED) is 0.588. The number of fused-ring (bicyclic) bond motifs is 1. The Bertz CT molecular complexity index is 545. The van der Waals surface area contributed by atoms with Gasteiger partial charge < -0.3 is 4.74 Å². The van der Waals surface area contributed by atoms with Gasteiger partial charge in [-0.05, 0) is 30.4 Å². The van der Waals surface area contributed by atoms with Crippen molar-refractivity contribution in [2.75, 3.05) is 7.11 Å². The highest BCUT2D eigenvalue weighted by Gasteiger charge is 2.25. The van der Waals surface area contributed by atoms with Crippen molar-refractivity contribution in [1.29, 1.82) is 10.5 Å². The summed E-state index contributed by atoms with van der Waals surface area (Å²) in [4.78, 5) is 0. The van der Waals surface area contributed by atoms with E-state index in [4.69, 9.17) is 15.3 Å². The SMILES string of the molecule is COC(=C(C#N)C#N)[C@@H]1CCc2ccccc2C1. The summed E-state index contributed by atoms with van der Waals surface area (Å²) < 4.78 is 5.28. The molecule has 1 aromatic rings. The van der Waals surface area contributed by atoms with Crippen LogP contribution >= 0.6 is 0 Å². The molecule has 0 aliphatic heterocycles. The van der Waals surface area contributed by atoms with E-state index in [-0.39, 0.29) is 11.5 Å². The average Bonchev–Trinajstić information content (AvgIpc) is 2.44. The second-order valence-electron chi connectivity index (χ2n) is 4.38. The molecule has 0 saturated heterocycles. The fraction of sp³-hybridized carbons (Fsp3) is 0.333. The first kappa shape index (κ1) is 12.2. The standard InChI is InChI=1S/C15H14N2O/c1-18-15(14(9-16)10-17)13-7-6-11-4-2-3-5-12(11)8-13/h2-5,13H,6-8H2,1H3/t13-/m1/s1. The number of benzene rings is 1. The zero-order chi connectivity index (χ0) is 13.0. The first-order valence-corrected chi connectivity index (χ1v) is 5.95. The van der Waals surface area contributed by atoms with Gasteiger partial charge in [0.2, 0.25) is 0 Å². The predicted molar refractivity (Wildman–Crippen MR) is 67.2 cm³/mol. The molecule has 0 saturated carbocycles. The van der Waals surface area contributed by atoms with Crippen molar-refractivity contribution in [3.05, 3.63) is 46.7 Å². The first-order chi connectivity index (χ1) is 8.80. The number of ether oxygens (including phenoxy) is 1. The van der Waals surface area contributed by atoms with Gasteiger partial charge in [-0.3, -0.25) is 0 Å². The van der Waals surface area contributed by atoms with Crippen molar-refractivity contribution in [2.45, 2.75) is 19.3 Å². The summed E-state index contributed by atoms with van der Waals surface area (Å²) in [5.74, 6) is 0.675. The molecule has 3 heteroatoms. The van der Waals surface area contributed by atoms with Crippen molar-refractivity contribution >= 4 is 0 Å². The van der Waals surface area contributed by atoms with E-state index < -0.39 is 0 Å². The lowest BCUT2D eigenvalue weighted by atomic mass is 9.82. The summed E-state index contributed by atoms with van der Waals surface area (Å²) in [7, 11) is 1.53. The number of aryl methyl sites for hydroxylation is 1. The Kier molecular flexibility index (Phi) is 3.65. The van der Waals surface area contributed by atoms with Gasteiger partial charge in [-0.1, -0.05) is 24.3 Å². The lowest BCUT2D eigenvalue weighted by molar-refractivity contribution is 0.229. The molecule has 18 heavy (non-hydrogen) atoms. The summed E-state index contributed by atoms with van der Waals surface area (Å²) in [6.45, 7) is 0. The van der Waals surface area contributed by atoms with Crippen molar-refractivity contribution in [3.63, 3.8) is 0 Å². The minimum absolute atomic E-state index is 0.0990.